The molecule has 0 spiro atoms. The second-order valence-corrected chi connectivity index (χ2v) is 8.22. The summed E-state index contributed by atoms with van der Waals surface area (Å²) >= 11 is 1.61. The fourth-order valence-corrected chi connectivity index (χ4v) is 4.46. The maximum Gasteiger partial charge on any atom is 0.338 e. The molecule has 0 fully saturated rings. The van der Waals surface area contributed by atoms with Gasteiger partial charge in [0, 0.05) is 16.3 Å². The van der Waals surface area contributed by atoms with Gasteiger partial charge in [-0.3, -0.25) is 0 Å². The zero-order valence-corrected chi connectivity index (χ0v) is 18.3. The van der Waals surface area contributed by atoms with Crippen LogP contribution in [0.5, 0.6) is 0 Å². The van der Waals surface area contributed by atoms with Crippen LogP contribution in [0.2, 0.25) is 0 Å². The quantitative estimate of drug-likeness (QED) is 0.506. The molecule has 2 N–H and O–H groups in total. The number of ether oxygens (including phenoxy) is 1. The Morgan fingerprint density at radius 2 is 1.87 bits per heavy atom. The third-order valence-corrected chi connectivity index (χ3v) is 6.04. The largest absolute Gasteiger partial charge is 0.463 e. The molecule has 30 heavy (non-hydrogen) atoms. The summed E-state index contributed by atoms with van der Waals surface area (Å²) < 4.78 is 18.4. The van der Waals surface area contributed by atoms with E-state index in [1.165, 1.54) is 12.1 Å². The van der Waals surface area contributed by atoms with Crippen LogP contribution in [0.4, 0.5) is 9.18 Å². The standard InChI is InChI=1S/C23H25FN2O3S/c1-5-29-22(27)20-15(4)25-23(28)26-21(20)19-11-13(2)10-16(14(19)3)12-30-18-8-6-17(24)7-9-18/h6-11,21H,5,12H2,1-4H3,(H2,25,26,28). The number of aryl methyl sites for hydroxylation is 1. The van der Waals surface area contributed by atoms with E-state index in [4.69, 9.17) is 4.74 Å². The van der Waals surface area contributed by atoms with E-state index in [2.05, 4.69) is 16.7 Å². The van der Waals surface area contributed by atoms with Crippen molar-refractivity contribution in [2.45, 2.75) is 44.4 Å². The van der Waals surface area contributed by atoms with Gasteiger partial charge in [0.05, 0.1) is 18.2 Å². The molecule has 158 valence electrons. The first-order chi connectivity index (χ1) is 14.3. The average Bonchev–Trinajstić information content (AvgIpc) is 2.69. The Balaban J connectivity index is 1.96. The molecule has 0 radical (unpaired) electrons. The van der Waals surface area contributed by atoms with Gasteiger partial charge in [0.15, 0.2) is 0 Å². The van der Waals surface area contributed by atoms with Crippen LogP contribution in [0, 0.1) is 19.7 Å². The monoisotopic (exact) mass is 428 g/mol. The number of rotatable bonds is 6. The number of hydrogen-bond donors (Lipinski definition) is 2. The van der Waals surface area contributed by atoms with Crippen molar-refractivity contribution >= 4 is 23.8 Å². The summed E-state index contributed by atoms with van der Waals surface area (Å²) in [5, 5.41) is 5.53. The molecule has 7 heteroatoms. The first-order valence-electron chi connectivity index (χ1n) is 9.74. The zero-order valence-electron chi connectivity index (χ0n) is 17.5. The van der Waals surface area contributed by atoms with Crippen molar-refractivity contribution in [3.8, 4) is 0 Å². The van der Waals surface area contributed by atoms with E-state index >= 15 is 0 Å². The first-order valence-corrected chi connectivity index (χ1v) is 10.7. The third kappa shape index (κ3) is 4.84. The number of urea groups is 1. The van der Waals surface area contributed by atoms with Crippen LogP contribution in [-0.2, 0) is 15.3 Å². The van der Waals surface area contributed by atoms with Gasteiger partial charge in [-0.1, -0.05) is 17.7 Å². The van der Waals surface area contributed by atoms with Crippen molar-refractivity contribution < 1.29 is 18.7 Å². The summed E-state index contributed by atoms with van der Waals surface area (Å²) in [5.41, 5.74) is 4.87. The molecule has 1 aliphatic rings. The van der Waals surface area contributed by atoms with Crippen molar-refractivity contribution in [3.05, 3.63) is 75.7 Å². The van der Waals surface area contributed by atoms with E-state index in [-0.39, 0.29) is 18.5 Å². The Morgan fingerprint density at radius 1 is 1.17 bits per heavy atom. The summed E-state index contributed by atoms with van der Waals surface area (Å²) in [5.74, 6) is -0.0259. The Labute approximate surface area is 180 Å². The molecule has 1 aliphatic heterocycles. The molecule has 0 saturated carbocycles. The minimum atomic E-state index is -0.590. The Bertz CT molecular complexity index is 1000. The predicted molar refractivity (Wildman–Crippen MR) is 116 cm³/mol. The Hall–Kier alpha value is -2.80. The van der Waals surface area contributed by atoms with Gasteiger partial charge < -0.3 is 15.4 Å². The van der Waals surface area contributed by atoms with E-state index in [0.29, 0.717) is 17.0 Å². The number of amides is 2. The number of halogens is 1. The van der Waals surface area contributed by atoms with Crippen LogP contribution in [0.15, 0.2) is 52.6 Å². The van der Waals surface area contributed by atoms with E-state index in [9.17, 15) is 14.0 Å². The van der Waals surface area contributed by atoms with E-state index in [1.54, 1.807) is 37.7 Å². The summed E-state index contributed by atoms with van der Waals surface area (Å²) in [6.45, 7) is 7.68. The fourth-order valence-electron chi connectivity index (χ4n) is 3.51. The lowest BCUT2D eigenvalue weighted by Gasteiger charge is -2.30. The van der Waals surface area contributed by atoms with Gasteiger partial charge in [-0.15, -0.1) is 11.8 Å². The highest BCUT2D eigenvalue weighted by atomic mass is 32.2. The highest BCUT2D eigenvalue weighted by Crippen LogP contribution is 2.34. The average molecular weight is 429 g/mol. The lowest BCUT2D eigenvalue weighted by atomic mass is 9.89. The van der Waals surface area contributed by atoms with Crippen molar-refractivity contribution in [3.63, 3.8) is 0 Å². The molecule has 2 aromatic carbocycles. The molecule has 1 unspecified atom stereocenters. The number of nitrogens with one attached hydrogen (secondary N) is 2. The number of esters is 1. The maximum atomic E-state index is 13.2. The van der Waals surface area contributed by atoms with Crippen LogP contribution in [0.25, 0.3) is 0 Å². The molecule has 2 amide bonds. The number of hydrogen-bond acceptors (Lipinski definition) is 4. The molecule has 0 aromatic heterocycles. The van der Waals surface area contributed by atoms with Crippen LogP contribution in [-0.4, -0.2) is 18.6 Å². The molecule has 0 bridgehead atoms. The van der Waals surface area contributed by atoms with E-state index in [0.717, 1.165) is 27.1 Å². The number of thioether (sulfide) groups is 1. The Kier molecular flexibility index (Phi) is 6.82. The van der Waals surface area contributed by atoms with E-state index in [1.807, 2.05) is 19.9 Å². The number of carbonyl (C=O) groups is 2. The smallest absolute Gasteiger partial charge is 0.338 e. The van der Waals surface area contributed by atoms with Crippen molar-refractivity contribution in [1.82, 2.24) is 10.6 Å². The summed E-state index contributed by atoms with van der Waals surface area (Å²) in [4.78, 5) is 25.7. The van der Waals surface area contributed by atoms with Gasteiger partial charge in [0.2, 0.25) is 0 Å². The van der Waals surface area contributed by atoms with Crippen LogP contribution in [0.3, 0.4) is 0 Å². The van der Waals surface area contributed by atoms with Gasteiger partial charge >= 0.3 is 12.0 Å². The van der Waals surface area contributed by atoms with Crippen molar-refractivity contribution in [2.75, 3.05) is 6.61 Å². The second-order valence-electron chi connectivity index (χ2n) is 7.17. The third-order valence-electron chi connectivity index (χ3n) is 4.98. The Morgan fingerprint density at radius 3 is 2.53 bits per heavy atom. The molecular formula is C23H25FN2O3S. The van der Waals surface area contributed by atoms with Gasteiger partial charge in [-0.2, -0.15) is 0 Å². The lowest BCUT2D eigenvalue weighted by Crippen LogP contribution is -2.45. The summed E-state index contributed by atoms with van der Waals surface area (Å²) in [6.07, 6.45) is 0. The highest BCUT2D eigenvalue weighted by Gasteiger charge is 2.33. The van der Waals surface area contributed by atoms with Crippen LogP contribution >= 0.6 is 11.8 Å². The van der Waals surface area contributed by atoms with Crippen molar-refractivity contribution in [2.24, 2.45) is 0 Å². The number of allylic oxidation sites excluding steroid dienone is 1. The lowest BCUT2D eigenvalue weighted by molar-refractivity contribution is -0.139. The van der Waals surface area contributed by atoms with Gasteiger partial charge in [-0.25, -0.2) is 14.0 Å². The van der Waals surface area contributed by atoms with Gasteiger partial charge in [0.1, 0.15) is 5.82 Å². The SMILES string of the molecule is CCOC(=O)C1=C(C)NC(=O)NC1c1cc(C)cc(CSc2ccc(F)cc2)c1C. The summed E-state index contributed by atoms with van der Waals surface area (Å²) in [7, 11) is 0. The summed E-state index contributed by atoms with van der Waals surface area (Å²) in [6, 6.07) is 9.54. The maximum absolute atomic E-state index is 13.2. The zero-order chi connectivity index (χ0) is 21.8. The van der Waals surface area contributed by atoms with Gasteiger partial charge in [-0.05, 0) is 68.7 Å². The molecule has 0 saturated heterocycles. The number of benzene rings is 2. The molecule has 3 rings (SSSR count). The molecule has 1 heterocycles. The van der Waals surface area contributed by atoms with Crippen LogP contribution in [0.1, 0.15) is 42.1 Å². The molecule has 5 nitrogen and oxygen atoms in total. The second kappa shape index (κ2) is 9.34. The topological polar surface area (TPSA) is 67.4 Å². The molecule has 1 atom stereocenters. The molecule has 2 aromatic rings. The van der Waals surface area contributed by atoms with Gasteiger partial charge in [0.25, 0.3) is 0 Å². The van der Waals surface area contributed by atoms with Crippen LogP contribution < -0.4 is 10.6 Å². The number of carbonyl (C=O) groups excluding carboxylic acids is 2. The fraction of sp³-hybridized carbons (Fsp3) is 0.304. The molecular weight excluding hydrogens is 403 g/mol. The van der Waals surface area contributed by atoms with Crippen molar-refractivity contribution in [1.29, 1.82) is 0 Å². The minimum absolute atomic E-state index is 0.253. The predicted octanol–water partition coefficient (Wildman–Crippen LogP) is 4.93. The normalized spacial score (nSPS) is 16.2. The first kappa shape index (κ1) is 21.9. The molecule has 0 aliphatic carbocycles. The van der Waals surface area contributed by atoms with E-state index < -0.39 is 12.0 Å². The highest BCUT2D eigenvalue weighted by molar-refractivity contribution is 7.98. The minimum Gasteiger partial charge on any atom is -0.463 e.